The van der Waals surface area contributed by atoms with E-state index in [1.165, 1.54) is 24.0 Å². The normalized spacial score (nSPS) is 19.9. The molecule has 0 aromatic carbocycles. The van der Waals surface area contributed by atoms with Crippen LogP contribution in [0.25, 0.3) is 0 Å². The zero-order valence-corrected chi connectivity index (χ0v) is 11.7. The topological polar surface area (TPSA) is 34.2 Å². The molecule has 1 aromatic rings. The predicted octanol–water partition coefficient (Wildman–Crippen LogP) is 3.00. The molecule has 0 radical (unpaired) electrons. The first-order valence-corrected chi connectivity index (χ1v) is 6.92. The second-order valence-electron chi connectivity index (χ2n) is 5.26. The number of pyridine rings is 1. The van der Waals surface area contributed by atoms with E-state index < -0.39 is 0 Å². The summed E-state index contributed by atoms with van der Waals surface area (Å²) < 4.78 is 5.92. The SMILES string of the molecule is CCNC(c1cncc(C)c1)C1(OC)CCCC1. The standard InChI is InChI=1S/C15H24N2O/c1-4-17-14(13-9-12(2)10-16-11-13)15(18-3)7-5-6-8-15/h9-11,14,17H,4-8H2,1-3H3. The fraction of sp³-hybridized carbons (Fsp3) is 0.667. The number of hydrogen-bond donors (Lipinski definition) is 1. The smallest absolute Gasteiger partial charge is 0.0873 e. The summed E-state index contributed by atoms with van der Waals surface area (Å²) in [5.74, 6) is 0. The number of aryl methyl sites for hydroxylation is 1. The lowest BCUT2D eigenvalue weighted by Crippen LogP contribution is -2.43. The Labute approximate surface area is 110 Å². The number of nitrogens with one attached hydrogen (secondary N) is 1. The Kier molecular flexibility index (Phi) is 4.36. The largest absolute Gasteiger partial charge is 0.376 e. The van der Waals surface area contributed by atoms with Gasteiger partial charge in [0.05, 0.1) is 11.6 Å². The van der Waals surface area contributed by atoms with Crippen molar-refractivity contribution in [3.8, 4) is 0 Å². The average Bonchev–Trinajstić information content (AvgIpc) is 2.85. The first-order chi connectivity index (χ1) is 8.72. The molecule has 1 aliphatic carbocycles. The molecule has 2 rings (SSSR count). The summed E-state index contributed by atoms with van der Waals surface area (Å²) in [5.41, 5.74) is 2.41. The van der Waals surface area contributed by atoms with Crippen LogP contribution in [-0.4, -0.2) is 24.2 Å². The molecule has 0 bridgehead atoms. The molecule has 1 saturated carbocycles. The molecule has 0 spiro atoms. The van der Waals surface area contributed by atoms with E-state index in [4.69, 9.17) is 4.74 Å². The summed E-state index contributed by atoms with van der Waals surface area (Å²) in [6, 6.07) is 2.47. The summed E-state index contributed by atoms with van der Waals surface area (Å²) in [6.45, 7) is 5.19. The second kappa shape index (κ2) is 5.81. The van der Waals surface area contributed by atoms with Gasteiger partial charge in [-0.15, -0.1) is 0 Å². The molecule has 0 saturated heterocycles. The van der Waals surface area contributed by atoms with Gasteiger partial charge in [-0.25, -0.2) is 0 Å². The van der Waals surface area contributed by atoms with Gasteiger partial charge in [0.15, 0.2) is 0 Å². The van der Waals surface area contributed by atoms with Gasteiger partial charge in [-0.2, -0.15) is 0 Å². The molecule has 1 unspecified atom stereocenters. The van der Waals surface area contributed by atoms with Crippen LogP contribution >= 0.6 is 0 Å². The second-order valence-corrected chi connectivity index (χ2v) is 5.26. The predicted molar refractivity (Wildman–Crippen MR) is 73.6 cm³/mol. The Hall–Kier alpha value is -0.930. The monoisotopic (exact) mass is 248 g/mol. The number of rotatable bonds is 5. The molecule has 1 N–H and O–H groups in total. The molecule has 0 amide bonds. The number of methoxy groups -OCH3 is 1. The van der Waals surface area contributed by atoms with Crippen LogP contribution < -0.4 is 5.32 Å². The van der Waals surface area contributed by atoms with Crippen LogP contribution in [0.5, 0.6) is 0 Å². The van der Waals surface area contributed by atoms with E-state index >= 15 is 0 Å². The van der Waals surface area contributed by atoms with E-state index in [1.54, 1.807) is 0 Å². The van der Waals surface area contributed by atoms with E-state index in [-0.39, 0.29) is 11.6 Å². The maximum absolute atomic E-state index is 5.92. The molecular formula is C15H24N2O. The van der Waals surface area contributed by atoms with Crippen LogP contribution in [-0.2, 0) is 4.74 Å². The van der Waals surface area contributed by atoms with Gasteiger partial charge >= 0.3 is 0 Å². The molecule has 1 atom stereocenters. The van der Waals surface area contributed by atoms with Gasteiger partial charge < -0.3 is 10.1 Å². The highest BCUT2D eigenvalue weighted by Crippen LogP contribution is 2.42. The average molecular weight is 248 g/mol. The molecule has 1 aromatic heterocycles. The Balaban J connectivity index is 2.32. The van der Waals surface area contributed by atoms with E-state index in [9.17, 15) is 0 Å². The van der Waals surface area contributed by atoms with E-state index in [1.807, 2.05) is 19.5 Å². The highest BCUT2D eigenvalue weighted by atomic mass is 16.5. The highest BCUT2D eigenvalue weighted by molar-refractivity contribution is 5.24. The maximum atomic E-state index is 5.92. The van der Waals surface area contributed by atoms with Crippen molar-refractivity contribution in [2.45, 2.75) is 51.2 Å². The number of likely N-dealkylation sites (N-methyl/N-ethyl adjacent to an activating group) is 1. The van der Waals surface area contributed by atoms with Crippen molar-refractivity contribution in [3.63, 3.8) is 0 Å². The van der Waals surface area contributed by atoms with Crippen molar-refractivity contribution >= 4 is 0 Å². The number of ether oxygens (including phenoxy) is 1. The first kappa shape index (κ1) is 13.5. The fourth-order valence-electron chi connectivity index (χ4n) is 3.13. The van der Waals surface area contributed by atoms with E-state index in [0.29, 0.717) is 0 Å². The van der Waals surface area contributed by atoms with Crippen LogP contribution in [0.2, 0.25) is 0 Å². The third-order valence-electron chi connectivity index (χ3n) is 4.02. The lowest BCUT2D eigenvalue weighted by molar-refractivity contribution is -0.0365. The van der Waals surface area contributed by atoms with Gasteiger partial charge in [-0.1, -0.05) is 25.8 Å². The third kappa shape index (κ3) is 2.57. The van der Waals surface area contributed by atoms with Crippen LogP contribution in [0.15, 0.2) is 18.5 Å². The van der Waals surface area contributed by atoms with Crippen molar-refractivity contribution in [2.24, 2.45) is 0 Å². The number of nitrogens with zero attached hydrogens (tertiary/aromatic N) is 1. The van der Waals surface area contributed by atoms with E-state index in [2.05, 4.69) is 30.2 Å². The molecule has 1 fully saturated rings. The van der Waals surface area contributed by atoms with Crippen LogP contribution in [0, 0.1) is 6.92 Å². The summed E-state index contributed by atoms with van der Waals surface area (Å²) in [4.78, 5) is 4.33. The zero-order valence-electron chi connectivity index (χ0n) is 11.7. The Morgan fingerprint density at radius 3 is 2.67 bits per heavy atom. The van der Waals surface area contributed by atoms with Gasteiger partial charge in [0, 0.05) is 19.5 Å². The third-order valence-corrected chi connectivity index (χ3v) is 4.02. The van der Waals surface area contributed by atoms with Crippen LogP contribution in [0.1, 0.15) is 49.8 Å². The molecule has 100 valence electrons. The van der Waals surface area contributed by atoms with Crippen molar-refractivity contribution in [3.05, 3.63) is 29.6 Å². The summed E-state index contributed by atoms with van der Waals surface area (Å²) in [6.07, 6.45) is 8.66. The summed E-state index contributed by atoms with van der Waals surface area (Å²) >= 11 is 0. The van der Waals surface area contributed by atoms with Gasteiger partial charge in [-0.3, -0.25) is 4.98 Å². The quantitative estimate of drug-likeness (QED) is 0.869. The lowest BCUT2D eigenvalue weighted by Gasteiger charge is -2.37. The van der Waals surface area contributed by atoms with Crippen molar-refractivity contribution < 1.29 is 4.74 Å². The minimum atomic E-state index is -0.0501. The Bertz CT molecular complexity index is 386. The van der Waals surface area contributed by atoms with Gasteiger partial charge in [-0.05, 0) is 37.4 Å². The van der Waals surface area contributed by atoms with Gasteiger partial charge in [0.1, 0.15) is 0 Å². The molecule has 0 aliphatic heterocycles. The van der Waals surface area contributed by atoms with Crippen molar-refractivity contribution in [2.75, 3.05) is 13.7 Å². The van der Waals surface area contributed by atoms with Crippen molar-refractivity contribution in [1.82, 2.24) is 10.3 Å². The molecule has 1 aliphatic rings. The maximum Gasteiger partial charge on any atom is 0.0873 e. The van der Waals surface area contributed by atoms with Crippen molar-refractivity contribution in [1.29, 1.82) is 0 Å². The Morgan fingerprint density at radius 2 is 2.11 bits per heavy atom. The fourth-order valence-corrected chi connectivity index (χ4v) is 3.13. The summed E-state index contributed by atoms with van der Waals surface area (Å²) in [7, 11) is 1.85. The molecule has 18 heavy (non-hydrogen) atoms. The number of aromatic nitrogens is 1. The highest BCUT2D eigenvalue weighted by Gasteiger charge is 2.42. The summed E-state index contributed by atoms with van der Waals surface area (Å²) in [5, 5.41) is 3.59. The first-order valence-electron chi connectivity index (χ1n) is 6.92. The molecule has 3 heteroatoms. The van der Waals surface area contributed by atoms with Gasteiger partial charge in [0.25, 0.3) is 0 Å². The minimum absolute atomic E-state index is 0.0501. The molecule has 1 heterocycles. The van der Waals surface area contributed by atoms with Crippen LogP contribution in [0.3, 0.4) is 0 Å². The molecular weight excluding hydrogens is 224 g/mol. The van der Waals surface area contributed by atoms with Crippen LogP contribution in [0.4, 0.5) is 0 Å². The van der Waals surface area contributed by atoms with Gasteiger partial charge in [0.2, 0.25) is 0 Å². The van der Waals surface area contributed by atoms with E-state index in [0.717, 1.165) is 19.4 Å². The number of hydrogen-bond acceptors (Lipinski definition) is 3. The Morgan fingerprint density at radius 1 is 1.39 bits per heavy atom. The molecule has 3 nitrogen and oxygen atoms in total. The lowest BCUT2D eigenvalue weighted by atomic mass is 9.87. The zero-order chi connectivity index (χ0) is 13.0. The minimum Gasteiger partial charge on any atom is -0.376 e.